The number of carbonyl (C=O) groups excluding carboxylic acids is 2. The van der Waals surface area contributed by atoms with Crippen molar-refractivity contribution < 1.29 is 14.3 Å². The van der Waals surface area contributed by atoms with E-state index < -0.39 is 5.97 Å². The smallest absolute Gasteiger partial charge is 0.358 e. The van der Waals surface area contributed by atoms with Gasteiger partial charge in [-0.05, 0) is 31.9 Å². The molecule has 3 aromatic rings. The van der Waals surface area contributed by atoms with Crippen LogP contribution in [0.15, 0.2) is 53.9 Å². The van der Waals surface area contributed by atoms with E-state index in [9.17, 15) is 9.59 Å². The minimum absolute atomic E-state index is 0.0519. The van der Waals surface area contributed by atoms with Crippen LogP contribution in [0.2, 0.25) is 0 Å². The highest BCUT2D eigenvalue weighted by Crippen LogP contribution is 2.32. The van der Waals surface area contributed by atoms with Crippen molar-refractivity contribution in [1.82, 2.24) is 4.98 Å². The SMILES string of the molecule is Cc1ccc(-c2nc(C(=O)OCC(=O)N3c4ccccc4C[C@@H]3C)cs2)cc1. The minimum Gasteiger partial charge on any atom is -0.451 e. The van der Waals surface area contributed by atoms with Crippen molar-refractivity contribution in [3.05, 3.63) is 70.7 Å². The Morgan fingerprint density at radius 1 is 1.18 bits per heavy atom. The van der Waals surface area contributed by atoms with E-state index in [-0.39, 0.29) is 24.2 Å². The Bertz CT molecular complexity index is 1030. The molecule has 2 aromatic carbocycles. The van der Waals surface area contributed by atoms with E-state index in [2.05, 4.69) is 4.98 Å². The largest absolute Gasteiger partial charge is 0.451 e. The van der Waals surface area contributed by atoms with E-state index in [0.717, 1.165) is 33.8 Å². The first-order valence-electron chi connectivity index (χ1n) is 9.12. The molecular weight excluding hydrogens is 372 g/mol. The van der Waals surface area contributed by atoms with Gasteiger partial charge in [0.2, 0.25) is 0 Å². The first-order chi connectivity index (χ1) is 13.5. The van der Waals surface area contributed by atoms with Crippen molar-refractivity contribution >= 4 is 28.9 Å². The maximum atomic E-state index is 12.6. The van der Waals surface area contributed by atoms with E-state index in [1.807, 2.05) is 62.4 Å². The van der Waals surface area contributed by atoms with Crippen LogP contribution in [0.3, 0.4) is 0 Å². The third-order valence-corrected chi connectivity index (χ3v) is 5.71. The second-order valence-corrected chi connectivity index (χ2v) is 7.78. The average molecular weight is 392 g/mol. The van der Waals surface area contributed by atoms with Crippen LogP contribution >= 0.6 is 11.3 Å². The summed E-state index contributed by atoms with van der Waals surface area (Å²) >= 11 is 1.38. The van der Waals surface area contributed by atoms with Crippen molar-refractivity contribution in [2.75, 3.05) is 11.5 Å². The Hall–Kier alpha value is -2.99. The summed E-state index contributed by atoms with van der Waals surface area (Å²) in [4.78, 5) is 31.1. The van der Waals surface area contributed by atoms with Gasteiger partial charge in [-0.2, -0.15) is 0 Å². The number of thiazole rings is 1. The van der Waals surface area contributed by atoms with Crippen LogP contribution in [0.4, 0.5) is 5.69 Å². The molecule has 0 fully saturated rings. The van der Waals surface area contributed by atoms with Crippen LogP contribution in [0.25, 0.3) is 10.6 Å². The van der Waals surface area contributed by atoms with Gasteiger partial charge in [0, 0.05) is 22.7 Å². The molecule has 6 heteroatoms. The summed E-state index contributed by atoms with van der Waals surface area (Å²) in [5.41, 5.74) is 4.37. The van der Waals surface area contributed by atoms with Crippen molar-refractivity contribution in [2.24, 2.45) is 0 Å². The quantitative estimate of drug-likeness (QED) is 0.623. The maximum absolute atomic E-state index is 12.6. The molecule has 0 radical (unpaired) electrons. The van der Waals surface area contributed by atoms with E-state index in [4.69, 9.17) is 4.74 Å². The summed E-state index contributed by atoms with van der Waals surface area (Å²) in [6.07, 6.45) is 0.807. The Labute approximate surface area is 167 Å². The van der Waals surface area contributed by atoms with Gasteiger partial charge in [-0.25, -0.2) is 9.78 Å². The fraction of sp³-hybridized carbons (Fsp3) is 0.227. The number of hydrogen-bond donors (Lipinski definition) is 0. The number of anilines is 1. The molecule has 0 N–H and O–H groups in total. The minimum atomic E-state index is -0.580. The zero-order chi connectivity index (χ0) is 19.7. The summed E-state index contributed by atoms with van der Waals surface area (Å²) in [6.45, 7) is 3.72. The van der Waals surface area contributed by atoms with Gasteiger partial charge in [-0.15, -0.1) is 11.3 Å². The number of para-hydroxylation sites is 1. The zero-order valence-electron chi connectivity index (χ0n) is 15.7. The number of fused-ring (bicyclic) bond motifs is 1. The van der Waals surface area contributed by atoms with Crippen LogP contribution in [-0.2, 0) is 16.0 Å². The van der Waals surface area contributed by atoms with Crippen LogP contribution in [0.5, 0.6) is 0 Å². The highest BCUT2D eigenvalue weighted by atomic mass is 32.1. The lowest BCUT2D eigenvalue weighted by molar-refractivity contribution is -0.122. The van der Waals surface area contributed by atoms with Crippen LogP contribution in [0, 0.1) is 6.92 Å². The Morgan fingerprint density at radius 2 is 1.93 bits per heavy atom. The topological polar surface area (TPSA) is 59.5 Å². The monoisotopic (exact) mass is 392 g/mol. The number of amides is 1. The third kappa shape index (κ3) is 3.55. The number of hydrogen-bond acceptors (Lipinski definition) is 5. The highest BCUT2D eigenvalue weighted by Gasteiger charge is 2.31. The van der Waals surface area contributed by atoms with E-state index >= 15 is 0 Å². The van der Waals surface area contributed by atoms with Gasteiger partial charge in [0.15, 0.2) is 12.3 Å². The molecule has 1 aromatic heterocycles. The second-order valence-electron chi connectivity index (χ2n) is 6.93. The lowest BCUT2D eigenvalue weighted by Gasteiger charge is -2.22. The number of carbonyl (C=O) groups is 2. The molecule has 1 amide bonds. The van der Waals surface area contributed by atoms with E-state index in [1.165, 1.54) is 11.3 Å². The van der Waals surface area contributed by atoms with Crippen molar-refractivity contribution in [3.8, 4) is 10.6 Å². The molecule has 1 aliphatic heterocycles. The molecule has 1 atom stereocenters. The van der Waals surface area contributed by atoms with Gasteiger partial charge in [-0.1, -0.05) is 48.0 Å². The standard InChI is InChI=1S/C22H20N2O3S/c1-14-7-9-16(10-8-14)21-23-18(13-28-21)22(26)27-12-20(25)24-15(2)11-17-5-3-4-6-19(17)24/h3-10,13,15H,11-12H2,1-2H3/t15-/m0/s1. The number of nitrogens with zero attached hydrogens (tertiary/aromatic N) is 2. The summed E-state index contributed by atoms with van der Waals surface area (Å²) < 4.78 is 5.25. The number of esters is 1. The molecule has 5 nitrogen and oxygen atoms in total. The molecule has 28 heavy (non-hydrogen) atoms. The fourth-order valence-electron chi connectivity index (χ4n) is 3.41. The molecule has 0 saturated heterocycles. The number of ether oxygens (including phenoxy) is 1. The lowest BCUT2D eigenvalue weighted by atomic mass is 10.1. The number of rotatable bonds is 4. The lowest BCUT2D eigenvalue weighted by Crippen LogP contribution is -2.38. The van der Waals surface area contributed by atoms with Gasteiger partial charge in [0.1, 0.15) is 5.01 Å². The average Bonchev–Trinajstić information content (AvgIpc) is 3.30. The molecule has 0 unspecified atom stereocenters. The number of aryl methyl sites for hydroxylation is 1. The summed E-state index contributed by atoms with van der Waals surface area (Å²) in [5, 5.41) is 2.41. The normalized spacial score (nSPS) is 15.4. The molecular formula is C22H20N2O3S. The molecule has 2 heterocycles. The van der Waals surface area contributed by atoms with Crippen LogP contribution in [0.1, 0.15) is 28.5 Å². The fourth-order valence-corrected chi connectivity index (χ4v) is 4.21. The third-order valence-electron chi connectivity index (χ3n) is 4.81. The predicted molar refractivity (Wildman–Crippen MR) is 110 cm³/mol. The predicted octanol–water partition coefficient (Wildman–Crippen LogP) is 4.25. The Morgan fingerprint density at radius 3 is 2.71 bits per heavy atom. The zero-order valence-corrected chi connectivity index (χ0v) is 16.5. The van der Waals surface area contributed by atoms with Crippen molar-refractivity contribution in [3.63, 3.8) is 0 Å². The molecule has 4 rings (SSSR count). The van der Waals surface area contributed by atoms with Crippen LogP contribution < -0.4 is 4.90 Å². The Balaban J connectivity index is 1.41. The van der Waals surface area contributed by atoms with Gasteiger partial charge in [0.25, 0.3) is 5.91 Å². The van der Waals surface area contributed by atoms with E-state index in [1.54, 1.807) is 10.3 Å². The van der Waals surface area contributed by atoms with Gasteiger partial charge in [0.05, 0.1) is 0 Å². The second kappa shape index (κ2) is 7.56. The highest BCUT2D eigenvalue weighted by molar-refractivity contribution is 7.13. The summed E-state index contributed by atoms with van der Waals surface area (Å²) in [7, 11) is 0. The molecule has 0 bridgehead atoms. The molecule has 0 spiro atoms. The van der Waals surface area contributed by atoms with Crippen molar-refractivity contribution in [2.45, 2.75) is 26.3 Å². The first kappa shape index (κ1) is 18.4. The molecule has 0 saturated carbocycles. The summed E-state index contributed by atoms with van der Waals surface area (Å²) in [5.74, 6) is -0.803. The maximum Gasteiger partial charge on any atom is 0.358 e. The first-order valence-corrected chi connectivity index (χ1v) is 10.0. The van der Waals surface area contributed by atoms with Crippen molar-refractivity contribution in [1.29, 1.82) is 0 Å². The van der Waals surface area contributed by atoms with Gasteiger partial charge >= 0.3 is 5.97 Å². The van der Waals surface area contributed by atoms with Crippen LogP contribution in [-0.4, -0.2) is 29.5 Å². The number of aromatic nitrogens is 1. The van der Waals surface area contributed by atoms with E-state index in [0.29, 0.717) is 0 Å². The molecule has 1 aliphatic rings. The summed E-state index contributed by atoms with van der Waals surface area (Å²) in [6, 6.07) is 15.8. The molecule has 142 valence electrons. The number of benzene rings is 2. The molecule has 0 aliphatic carbocycles. The Kier molecular flexibility index (Phi) is 4.96. The van der Waals surface area contributed by atoms with Gasteiger partial charge < -0.3 is 9.64 Å². The van der Waals surface area contributed by atoms with Gasteiger partial charge in [-0.3, -0.25) is 4.79 Å².